The minimum absolute atomic E-state index is 0.630. The van der Waals surface area contributed by atoms with E-state index in [0.29, 0.717) is 6.67 Å². The van der Waals surface area contributed by atoms with Crippen LogP contribution in [0.2, 0.25) is 0 Å². The Morgan fingerprint density at radius 3 is 3.07 bits per heavy atom. The number of H-pyrrole nitrogens is 1. The maximum Gasteiger partial charge on any atom is 0.163 e. The third-order valence-corrected chi connectivity index (χ3v) is 2.41. The number of allylic oxidation sites excluding steroid dienone is 1. The van der Waals surface area contributed by atoms with Crippen LogP contribution < -0.4 is 4.90 Å². The van der Waals surface area contributed by atoms with E-state index in [-0.39, 0.29) is 0 Å². The number of anilines is 1. The molecular formula is C11H10N4. The largest absolute Gasteiger partial charge is 0.311 e. The molecule has 0 spiro atoms. The lowest BCUT2D eigenvalue weighted by atomic mass is 10.2. The predicted octanol–water partition coefficient (Wildman–Crippen LogP) is 1.92. The van der Waals surface area contributed by atoms with Crippen LogP contribution in [-0.4, -0.2) is 23.1 Å². The van der Waals surface area contributed by atoms with Gasteiger partial charge in [0.1, 0.15) is 6.67 Å². The number of aliphatic imine (C=N–C) groups is 1. The third kappa shape index (κ3) is 1.30. The molecule has 0 fully saturated rings. The number of fused-ring (bicyclic) bond motifs is 1. The van der Waals surface area contributed by atoms with Gasteiger partial charge < -0.3 is 4.90 Å². The Morgan fingerprint density at radius 1 is 1.27 bits per heavy atom. The number of aromatic nitrogens is 2. The lowest BCUT2D eigenvalue weighted by Crippen LogP contribution is -2.18. The van der Waals surface area contributed by atoms with Crippen molar-refractivity contribution in [3.05, 3.63) is 36.5 Å². The Hall–Kier alpha value is -2.10. The summed E-state index contributed by atoms with van der Waals surface area (Å²) in [6.45, 7) is 0.630. The molecule has 0 bridgehead atoms. The molecule has 0 atom stereocenters. The molecule has 2 heterocycles. The summed E-state index contributed by atoms with van der Waals surface area (Å²) in [6.07, 6.45) is 5.69. The van der Waals surface area contributed by atoms with Crippen molar-refractivity contribution in [3.8, 4) is 0 Å². The number of para-hydroxylation sites is 1. The third-order valence-electron chi connectivity index (χ3n) is 2.41. The second kappa shape index (κ2) is 3.24. The van der Waals surface area contributed by atoms with Crippen LogP contribution in [0.4, 0.5) is 5.82 Å². The SMILES string of the molecule is C1=CN(c2n[nH]c3ccccc23)CN=C1. The van der Waals surface area contributed by atoms with Crippen LogP contribution in [0.25, 0.3) is 10.9 Å². The maximum absolute atomic E-state index is 4.29. The van der Waals surface area contributed by atoms with Gasteiger partial charge in [-0.05, 0) is 18.2 Å². The van der Waals surface area contributed by atoms with Crippen molar-refractivity contribution in [1.82, 2.24) is 10.2 Å². The molecule has 1 aromatic heterocycles. The van der Waals surface area contributed by atoms with E-state index in [1.54, 1.807) is 6.21 Å². The first-order valence-corrected chi connectivity index (χ1v) is 4.81. The monoisotopic (exact) mass is 198 g/mol. The smallest absolute Gasteiger partial charge is 0.163 e. The summed E-state index contributed by atoms with van der Waals surface area (Å²) < 4.78 is 0. The highest BCUT2D eigenvalue weighted by Crippen LogP contribution is 2.24. The van der Waals surface area contributed by atoms with E-state index in [0.717, 1.165) is 16.7 Å². The molecule has 3 rings (SSSR count). The van der Waals surface area contributed by atoms with Crippen molar-refractivity contribution in [1.29, 1.82) is 0 Å². The highest BCUT2D eigenvalue weighted by Gasteiger charge is 2.11. The van der Waals surface area contributed by atoms with Crippen LogP contribution in [0, 0.1) is 0 Å². The number of hydrogen-bond donors (Lipinski definition) is 1. The van der Waals surface area contributed by atoms with Crippen molar-refractivity contribution in [3.63, 3.8) is 0 Å². The van der Waals surface area contributed by atoms with Gasteiger partial charge in [-0.3, -0.25) is 10.1 Å². The first kappa shape index (κ1) is 8.23. The first-order valence-electron chi connectivity index (χ1n) is 4.81. The molecule has 4 nitrogen and oxygen atoms in total. The lowest BCUT2D eigenvalue weighted by Gasteiger charge is -2.16. The van der Waals surface area contributed by atoms with E-state index in [2.05, 4.69) is 21.3 Å². The molecule has 0 aliphatic carbocycles. The van der Waals surface area contributed by atoms with E-state index in [4.69, 9.17) is 0 Å². The van der Waals surface area contributed by atoms with Gasteiger partial charge in [0.15, 0.2) is 5.82 Å². The van der Waals surface area contributed by atoms with Gasteiger partial charge in [-0.25, -0.2) is 0 Å². The second-order valence-corrected chi connectivity index (χ2v) is 3.38. The summed E-state index contributed by atoms with van der Waals surface area (Å²) in [5.74, 6) is 0.929. The Bertz CT molecular complexity index is 538. The van der Waals surface area contributed by atoms with Crippen molar-refractivity contribution < 1.29 is 0 Å². The number of aromatic amines is 1. The Morgan fingerprint density at radius 2 is 2.20 bits per heavy atom. The zero-order chi connectivity index (χ0) is 10.1. The summed E-state index contributed by atoms with van der Waals surface area (Å²) in [6, 6.07) is 8.08. The molecule has 0 unspecified atom stereocenters. The molecule has 0 radical (unpaired) electrons. The van der Waals surface area contributed by atoms with Crippen LogP contribution in [0.1, 0.15) is 0 Å². The van der Waals surface area contributed by atoms with Gasteiger partial charge in [-0.15, -0.1) is 0 Å². The van der Waals surface area contributed by atoms with E-state index in [9.17, 15) is 0 Å². The summed E-state index contributed by atoms with van der Waals surface area (Å²) in [4.78, 5) is 6.19. The lowest BCUT2D eigenvalue weighted by molar-refractivity contribution is 0.934. The fourth-order valence-corrected chi connectivity index (χ4v) is 1.69. The molecule has 2 aromatic rings. The van der Waals surface area contributed by atoms with E-state index < -0.39 is 0 Å². The molecule has 0 saturated carbocycles. The first-order chi connectivity index (χ1) is 7.45. The van der Waals surface area contributed by atoms with Gasteiger partial charge in [0, 0.05) is 17.8 Å². The average molecular weight is 198 g/mol. The topological polar surface area (TPSA) is 44.3 Å². The van der Waals surface area contributed by atoms with Crippen molar-refractivity contribution in [2.45, 2.75) is 0 Å². The zero-order valence-corrected chi connectivity index (χ0v) is 8.09. The molecule has 0 amide bonds. The summed E-state index contributed by atoms with van der Waals surface area (Å²) in [5.41, 5.74) is 1.05. The van der Waals surface area contributed by atoms with E-state index in [1.807, 2.05) is 35.4 Å². The second-order valence-electron chi connectivity index (χ2n) is 3.38. The van der Waals surface area contributed by atoms with Crippen LogP contribution in [0.15, 0.2) is 41.5 Å². The van der Waals surface area contributed by atoms with Crippen LogP contribution in [0.5, 0.6) is 0 Å². The molecule has 1 aliphatic rings. The highest BCUT2D eigenvalue weighted by molar-refractivity contribution is 5.91. The molecule has 15 heavy (non-hydrogen) atoms. The summed E-state index contributed by atoms with van der Waals surface area (Å²) in [5, 5.41) is 8.43. The van der Waals surface area contributed by atoms with Crippen LogP contribution in [-0.2, 0) is 0 Å². The van der Waals surface area contributed by atoms with Gasteiger partial charge in [0.25, 0.3) is 0 Å². The molecule has 1 aromatic carbocycles. The number of nitrogens with one attached hydrogen (secondary N) is 1. The quantitative estimate of drug-likeness (QED) is 0.760. The molecule has 1 aliphatic heterocycles. The normalized spacial score (nSPS) is 15.1. The molecule has 0 saturated heterocycles. The van der Waals surface area contributed by atoms with E-state index in [1.165, 1.54) is 0 Å². The number of benzene rings is 1. The minimum atomic E-state index is 0.630. The molecule has 74 valence electrons. The Balaban J connectivity index is 2.11. The molecular weight excluding hydrogens is 188 g/mol. The van der Waals surface area contributed by atoms with Crippen molar-refractivity contribution >= 4 is 22.9 Å². The molecule has 4 heteroatoms. The van der Waals surface area contributed by atoms with Gasteiger partial charge in [-0.2, -0.15) is 5.10 Å². The minimum Gasteiger partial charge on any atom is -0.311 e. The van der Waals surface area contributed by atoms with Gasteiger partial charge in [0.05, 0.1) is 5.52 Å². The summed E-state index contributed by atoms with van der Waals surface area (Å²) >= 11 is 0. The standard InChI is InChI=1S/C11H10N4/c1-2-5-10-9(4-1)11(14-13-10)15-7-3-6-12-8-15/h1-7H,8H2,(H,13,14). The van der Waals surface area contributed by atoms with Crippen LogP contribution in [0.3, 0.4) is 0 Å². The van der Waals surface area contributed by atoms with Gasteiger partial charge in [0.2, 0.25) is 0 Å². The maximum atomic E-state index is 4.29. The predicted molar refractivity (Wildman–Crippen MR) is 61.1 cm³/mol. The van der Waals surface area contributed by atoms with Crippen LogP contribution >= 0.6 is 0 Å². The molecule has 1 N–H and O–H groups in total. The van der Waals surface area contributed by atoms with Crippen molar-refractivity contribution in [2.75, 3.05) is 11.6 Å². The fourth-order valence-electron chi connectivity index (χ4n) is 1.69. The zero-order valence-electron chi connectivity index (χ0n) is 8.09. The summed E-state index contributed by atoms with van der Waals surface area (Å²) in [7, 11) is 0. The van der Waals surface area contributed by atoms with E-state index >= 15 is 0 Å². The fraction of sp³-hybridized carbons (Fsp3) is 0.0909. The number of nitrogens with zero attached hydrogens (tertiary/aromatic N) is 3. The number of hydrogen-bond acceptors (Lipinski definition) is 3. The van der Waals surface area contributed by atoms with Gasteiger partial charge >= 0.3 is 0 Å². The van der Waals surface area contributed by atoms with Crippen molar-refractivity contribution in [2.24, 2.45) is 4.99 Å². The Labute approximate surface area is 86.9 Å². The Kier molecular flexibility index (Phi) is 1.78. The average Bonchev–Trinajstić information content (AvgIpc) is 2.74. The number of rotatable bonds is 1. The highest BCUT2D eigenvalue weighted by atomic mass is 15.3. The van der Waals surface area contributed by atoms with Gasteiger partial charge in [-0.1, -0.05) is 12.1 Å².